The van der Waals surface area contributed by atoms with E-state index in [1.807, 2.05) is 35.2 Å². The van der Waals surface area contributed by atoms with E-state index in [4.69, 9.17) is 4.74 Å². The van der Waals surface area contributed by atoms with Gasteiger partial charge in [0.1, 0.15) is 12.4 Å². The topological polar surface area (TPSA) is 84.7 Å². The van der Waals surface area contributed by atoms with Crippen molar-refractivity contribution in [2.45, 2.75) is 76.8 Å². The molecule has 2 saturated heterocycles. The van der Waals surface area contributed by atoms with Crippen LogP contribution in [-0.2, 0) is 22.6 Å². The zero-order valence-corrected chi connectivity index (χ0v) is 23.8. The first kappa shape index (κ1) is 27.5. The number of aromatic nitrogens is 2. The summed E-state index contributed by atoms with van der Waals surface area (Å²) < 4.78 is 7.87. The quantitative estimate of drug-likeness (QED) is 0.470. The van der Waals surface area contributed by atoms with E-state index < -0.39 is 5.41 Å². The molecule has 1 aromatic heterocycles. The van der Waals surface area contributed by atoms with Crippen molar-refractivity contribution >= 4 is 22.7 Å². The van der Waals surface area contributed by atoms with Gasteiger partial charge in [0.2, 0.25) is 11.8 Å². The van der Waals surface area contributed by atoms with Gasteiger partial charge in [0.25, 0.3) is 5.56 Å². The fraction of sp³-hybridized carbons (Fsp3) is 0.515. The lowest BCUT2D eigenvalue weighted by Crippen LogP contribution is -2.53. The van der Waals surface area contributed by atoms with Gasteiger partial charge < -0.3 is 14.5 Å². The highest BCUT2D eigenvalue weighted by molar-refractivity contribution is 5.84. The Morgan fingerprint density at radius 1 is 0.951 bits per heavy atom. The van der Waals surface area contributed by atoms with Crippen molar-refractivity contribution in [3.05, 3.63) is 70.8 Å². The normalized spacial score (nSPS) is 21.1. The Kier molecular flexibility index (Phi) is 8.08. The zero-order valence-electron chi connectivity index (χ0n) is 23.8. The molecule has 0 aliphatic carbocycles. The lowest BCUT2D eigenvalue weighted by atomic mass is 9.72. The van der Waals surface area contributed by atoms with Crippen LogP contribution < -0.4 is 10.3 Å². The highest BCUT2D eigenvalue weighted by atomic mass is 16.5. The molecule has 8 nitrogen and oxygen atoms in total. The van der Waals surface area contributed by atoms with E-state index in [1.165, 1.54) is 5.56 Å². The number of piperidine rings is 1. The second-order valence-corrected chi connectivity index (χ2v) is 11.9. The minimum absolute atomic E-state index is 0.0712. The number of likely N-dealkylation sites (tertiary alicyclic amines) is 1. The summed E-state index contributed by atoms with van der Waals surface area (Å²) in [6, 6.07) is 15.7. The van der Waals surface area contributed by atoms with Crippen molar-refractivity contribution in [3.63, 3.8) is 0 Å². The molecule has 1 spiro atoms. The lowest BCUT2D eigenvalue weighted by Gasteiger charge is -2.44. The molecule has 41 heavy (non-hydrogen) atoms. The molecule has 3 aromatic rings. The third-order valence-corrected chi connectivity index (χ3v) is 9.44. The SMILES string of the molecule is O=C(CCCn1cnc2ccccc2c1=O)N1CCC2(CCCCc3ccccc3OC[C@@H]3CCCN3C2=O)CC1. The van der Waals surface area contributed by atoms with Crippen LogP contribution in [0.2, 0.25) is 0 Å². The van der Waals surface area contributed by atoms with Crippen molar-refractivity contribution in [1.82, 2.24) is 19.4 Å². The number of hydrogen-bond donors (Lipinski definition) is 0. The monoisotopic (exact) mass is 556 g/mol. The second kappa shape index (κ2) is 12.0. The Labute approximate surface area is 241 Å². The fourth-order valence-electron chi connectivity index (χ4n) is 6.98. The van der Waals surface area contributed by atoms with Gasteiger partial charge >= 0.3 is 0 Å². The Morgan fingerprint density at radius 2 is 1.76 bits per heavy atom. The maximum atomic E-state index is 14.1. The van der Waals surface area contributed by atoms with E-state index in [1.54, 1.807) is 17.0 Å². The number of rotatable bonds is 4. The minimum Gasteiger partial charge on any atom is -0.491 e. The predicted octanol–water partition coefficient (Wildman–Crippen LogP) is 4.58. The van der Waals surface area contributed by atoms with Crippen molar-refractivity contribution in [1.29, 1.82) is 0 Å². The molecule has 3 aliphatic rings. The molecule has 0 bridgehead atoms. The number of nitrogens with zero attached hydrogens (tertiary/aromatic N) is 4. The van der Waals surface area contributed by atoms with Gasteiger partial charge in [-0.05, 0) is 75.1 Å². The molecule has 8 heteroatoms. The number of aryl methyl sites for hydroxylation is 2. The highest BCUT2D eigenvalue weighted by Crippen LogP contribution is 2.41. The summed E-state index contributed by atoms with van der Waals surface area (Å²) in [6.07, 6.45) is 9.78. The van der Waals surface area contributed by atoms with E-state index in [9.17, 15) is 14.4 Å². The van der Waals surface area contributed by atoms with Crippen molar-refractivity contribution in [2.24, 2.45) is 5.41 Å². The third kappa shape index (κ3) is 5.74. The molecule has 0 N–H and O–H groups in total. The number of hydrogen-bond acceptors (Lipinski definition) is 5. The van der Waals surface area contributed by atoms with Crippen LogP contribution in [0.1, 0.15) is 63.4 Å². The van der Waals surface area contributed by atoms with Gasteiger partial charge in [-0.25, -0.2) is 4.98 Å². The first-order valence-electron chi connectivity index (χ1n) is 15.3. The molecule has 0 radical (unpaired) electrons. The van der Waals surface area contributed by atoms with Gasteiger partial charge in [-0.1, -0.05) is 36.8 Å². The van der Waals surface area contributed by atoms with Crippen LogP contribution in [0.25, 0.3) is 10.9 Å². The van der Waals surface area contributed by atoms with E-state index in [2.05, 4.69) is 22.0 Å². The van der Waals surface area contributed by atoms with Crippen molar-refractivity contribution < 1.29 is 14.3 Å². The van der Waals surface area contributed by atoms with Crippen LogP contribution in [0.3, 0.4) is 0 Å². The summed E-state index contributed by atoms with van der Waals surface area (Å²) in [5.74, 6) is 1.33. The van der Waals surface area contributed by atoms with Crippen LogP contribution in [0.15, 0.2) is 59.7 Å². The van der Waals surface area contributed by atoms with Crippen LogP contribution in [0.5, 0.6) is 5.75 Å². The van der Waals surface area contributed by atoms with E-state index in [-0.39, 0.29) is 23.4 Å². The summed E-state index contributed by atoms with van der Waals surface area (Å²) >= 11 is 0. The minimum atomic E-state index is -0.401. The average molecular weight is 557 g/mol. The van der Waals surface area contributed by atoms with Gasteiger partial charge in [-0.3, -0.25) is 19.0 Å². The summed E-state index contributed by atoms with van der Waals surface area (Å²) in [5, 5.41) is 0.598. The Bertz CT molecular complexity index is 1460. The standard InChI is InChI=1S/C33H40N4O4/c38-30(15-8-19-36-24-34-28-13-3-2-12-27(28)31(36)39)35-21-17-33(18-22-35)16-6-5-10-25-9-1-4-14-29(25)41-23-26-11-7-20-37(26)32(33)40/h1-4,9,12-14,24,26H,5-8,10-11,15-23H2/t26-/m0/s1. The van der Waals surface area contributed by atoms with Crippen molar-refractivity contribution in [2.75, 3.05) is 26.2 Å². The van der Waals surface area contributed by atoms with Gasteiger partial charge in [0, 0.05) is 32.6 Å². The maximum absolute atomic E-state index is 14.1. The van der Waals surface area contributed by atoms with Crippen molar-refractivity contribution in [3.8, 4) is 5.75 Å². The molecule has 0 saturated carbocycles. The molecule has 0 unspecified atom stereocenters. The molecule has 1 atom stereocenters. The number of carbonyl (C=O) groups excluding carboxylic acids is 2. The number of ether oxygens (including phenoxy) is 1. The van der Waals surface area contributed by atoms with Gasteiger partial charge in [-0.15, -0.1) is 0 Å². The van der Waals surface area contributed by atoms with Gasteiger partial charge in [-0.2, -0.15) is 0 Å². The molecule has 2 aromatic carbocycles. The Hall–Kier alpha value is -3.68. The number of para-hydroxylation sites is 2. The molecular weight excluding hydrogens is 516 g/mol. The summed E-state index contributed by atoms with van der Waals surface area (Å²) in [4.78, 5) is 48.5. The Morgan fingerprint density at radius 3 is 2.63 bits per heavy atom. The van der Waals surface area contributed by atoms with Gasteiger partial charge in [0.05, 0.1) is 28.7 Å². The smallest absolute Gasteiger partial charge is 0.261 e. The largest absolute Gasteiger partial charge is 0.491 e. The summed E-state index contributed by atoms with van der Waals surface area (Å²) in [6.45, 7) is 3.02. The van der Waals surface area contributed by atoms with Gasteiger partial charge in [0.15, 0.2) is 0 Å². The fourth-order valence-corrected chi connectivity index (χ4v) is 6.98. The number of carbonyl (C=O) groups is 2. The highest BCUT2D eigenvalue weighted by Gasteiger charge is 2.46. The third-order valence-electron chi connectivity index (χ3n) is 9.44. The van der Waals surface area contributed by atoms with Crippen LogP contribution in [-0.4, -0.2) is 63.4 Å². The first-order chi connectivity index (χ1) is 20.0. The van der Waals surface area contributed by atoms with E-state index in [0.29, 0.717) is 62.8 Å². The molecule has 216 valence electrons. The molecular formula is C33H40N4O4. The van der Waals surface area contributed by atoms with Crippen LogP contribution in [0.4, 0.5) is 0 Å². The predicted molar refractivity (Wildman–Crippen MR) is 158 cm³/mol. The molecule has 4 heterocycles. The summed E-state index contributed by atoms with van der Waals surface area (Å²) in [7, 11) is 0. The first-order valence-corrected chi connectivity index (χ1v) is 15.3. The average Bonchev–Trinajstić information content (AvgIpc) is 3.48. The number of amides is 2. The maximum Gasteiger partial charge on any atom is 0.261 e. The second-order valence-electron chi connectivity index (χ2n) is 11.9. The van der Waals surface area contributed by atoms with E-state index >= 15 is 0 Å². The van der Waals surface area contributed by atoms with Crippen LogP contribution in [0, 0.1) is 5.41 Å². The molecule has 2 amide bonds. The molecule has 2 fully saturated rings. The zero-order chi connectivity index (χ0) is 28.2. The molecule has 3 aliphatic heterocycles. The molecule has 6 rings (SSSR count). The van der Waals surface area contributed by atoms with Crippen LogP contribution >= 0.6 is 0 Å². The lowest BCUT2D eigenvalue weighted by molar-refractivity contribution is -0.150. The number of fused-ring (bicyclic) bond motifs is 3. The van der Waals surface area contributed by atoms with E-state index in [0.717, 1.165) is 50.8 Å². The number of benzene rings is 2. The Balaban J connectivity index is 1.08. The summed E-state index contributed by atoms with van der Waals surface area (Å²) in [5.41, 5.74) is 1.46.